The number of ether oxygens (including phenoxy) is 2. The van der Waals surface area contributed by atoms with E-state index >= 15 is 0 Å². The number of carbonyl (C=O) groups is 2. The van der Waals surface area contributed by atoms with Crippen molar-refractivity contribution in [3.63, 3.8) is 0 Å². The van der Waals surface area contributed by atoms with Crippen LogP contribution in [-0.2, 0) is 20.9 Å². The summed E-state index contributed by atoms with van der Waals surface area (Å²) in [4.78, 5) is 26.2. The zero-order valence-electron chi connectivity index (χ0n) is 14.5. The van der Waals surface area contributed by atoms with Gasteiger partial charge in [0.1, 0.15) is 29.5 Å². The highest BCUT2D eigenvalue weighted by atomic mass is 35.5. The summed E-state index contributed by atoms with van der Waals surface area (Å²) in [5.41, 5.74) is 7.77. The molecule has 26 heavy (non-hydrogen) atoms. The van der Waals surface area contributed by atoms with E-state index in [0.29, 0.717) is 11.4 Å². The Kier molecular flexibility index (Phi) is 6.75. The second-order valence-corrected chi connectivity index (χ2v) is 6.84. The zero-order valence-corrected chi connectivity index (χ0v) is 16.1. The van der Waals surface area contributed by atoms with Gasteiger partial charge < -0.3 is 15.2 Å². The van der Waals surface area contributed by atoms with E-state index in [1.54, 1.807) is 31.0 Å². The van der Waals surface area contributed by atoms with Crippen molar-refractivity contribution in [1.29, 1.82) is 0 Å². The van der Waals surface area contributed by atoms with Crippen molar-refractivity contribution in [3.8, 4) is 5.75 Å². The Morgan fingerprint density at radius 3 is 2.69 bits per heavy atom. The Morgan fingerprint density at radius 2 is 2.08 bits per heavy atom. The molecule has 0 unspecified atom stereocenters. The predicted molar refractivity (Wildman–Crippen MR) is 103 cm³/mol. The van der Waals surface area contributed by atoms with Gasteiger partial charge >= 0.3 is 5.97 Å². The predicted octanol–water partition coefficient (Wildman–Crippen LogP) is 2.23. The Morgan fingerprint density at radius 1 is 1.38 bits per heavy atom. The number of nitrogens with two attached hydrogens (primary N) is 1. The lowest BCUT2D eigenvalue weighted by molar-refractivity contribution is -0.151. The molecule has 0 aliphatic carbocycles. The molecule has 0 aromatic heterocycles. The summed E-state index contributed by atoms with van der Waals surface area (Å²) in [5, 5.41) is -0.190. The summed E-state index contributed by atoms with van der Waals surface area (Å²) in [6.45, 7) is 2.00. The smallest absolute Gasteiger partial charge is 0.355 e. The molecule has 2 aliphatic heterocycles. The normalized spacial score (nSPS) is 21.8. The Bertz CT molecular complexity index is 748. The van der Waals surface area contributed by atoms with Crippen LogP contribution in [0, 0.1) is 0 Å². The van der Waals surface area contributed by atoms with Crippen LogP contribution in [0.4, 0.5) is 0 Å². The lowest BCUT2D eigenvalue weighted by Crippen LogP contribution is -2.68. The summed E-state index contributed by atoms with van der Waals surface area (Å²) < 4.78 is 10.5. The summed E-state index contributed by atoms with van der Waals surface area (Å²) in [6.07, 6.45) is 3.68. The van der Waals surface area contributed by atoms with Gasteiger partial charge in [-0.3, -0.25) is 9.69 Å². The fourth-order valence-electron chi connectivity index (χ4n) is 2.80. The molecular formula is C18H21ClN2O4S. The highest BCUT2D eigenvalue weighted by Crippen LogP contribution is 2.40. The van der Waals surface area contributed by atoms with Crippen LogP contribution in [0.25, 0.3) is 0 Å². The summed E-state index contributed by atoms with van der Waals surface area (Å²) >= 11 is 1.56. The minimum atomic E-state index is -0.554. The maximum atomic E-state index is 12.6. The molecule has 1 fully saturated rings. The molecule has 1 aromatic carbocycles. The van der Waals surface area contributed by atoms with Crippen LogP contribution in [0.3, 0.4) is 0 Å². The van der Waals surface area contributed by atoms with Gasteiger partial charge in [0.15, 0.2) is 0 Å². The van der Waals surface area contributed by atoms with Crippen LogP contribution < -0.4 is 10.5 Å². The molecule has 8 heteroatoms. The number of nitrogens with zero attached hydrogens (tertiary/aromatic N) is 1. The van der Waals surface area contributed by atoms with E-state index in [1.165, 1.54) is 4.90 Å². The van der Waals surface area contributed by atoms with Gasteiger partial charge in [-0.2, -0.15) is 0 Å². The number of esters is 1. The summed E-state index contributed by atoms with van der Waals surface area (Å²) in [6, 6.07) is 6.72. The second-order valence-electron chi connectivity index (χ2n) is 5.73. The second kappa shape index (κ2) is 8.62. The standard InChI is InChI=1S/C18H20N2O4S.ClH/c1-3-4-12-10-25-17-14(19)16(21)20(17)15(12)18(22)24-9-11-5-7-13(23-2)8-6-11;/h3-8,14,17H,9-10,19H2,1-2H3;1H/t14-,17-;/m1./s1. The van der Waals surface area contributed by atoms with E-state index in [1.807, 2.05) is 31.2 Å². The number of hydrogen-bond acceptors (Lipinski definition) is 6. The third-order valence-corrected chi connectivity index (χ3v) is 5.45. The molecule has 2 heterocycles. The molecule has 0 saturated carbocycles. The molecule has 0 bridgehead atoms. The van der Waals surface area contributed by atoms with Gasteiger partial charge in [0, 0.05) is 5.75 Å². The molecule has 0 radical (unpaired) electrons. The number of hydrogen-bond donors (Lipinski definition) is 1. The van der Waals surface area contributed by atoms with Crippen LogP contribution in [0.1, 0.15) is 12.5 Å². The van der Waals surface area contributed by atoms with Crippen molar-refractivity contribution in [2.75, 3.05) is 12.9 Å². The number of halogens is 1. The number of carbonyl (C=O) groups excluding carboxylic acids is 2. The number of methoxy groups -OCH3 is 1. The number of fused-ring (bicyclic) bond motifs is 1. The van der Waals surface area contributed by atoms with Crippen LogP contribution in [0.5, 0.6) is 5.75 Å². The van der Waals surface area contributed by atoms with Crippen molar-refractivity contribution in [1.82, 2.24) is 4.90 Å². The van der Waals surface area contributed by atoms with Gasteiger partial charge in [0.2, 0.25) is 5.91 Å². The van der Waals surface area contributed by atoms with Crippen molar-refractivity contribution < 1.29 is 19.1 Å². The Hall–Kier alpha value is -1.96. The average molecular weight is 397 g/mol. The summed E-state index contributed by atoms with van der Waals surface area (Å²) in [7, 11) is 1.59. The van der Waals surface area contributed by atoms with E-state index in [9.17, 15) is 9.59 Å². The number of benzene rings is 1. The van der Waals surface area contributed by atoms with Crippen molar-refractivity contribution in [2.24, 2.45) is 5.73 Å². The fraction of sp³-hybridized carbons (Fsp3) is 0.333. The Balaban J connectivity index is 0.00000243. The molecule has 6 nitrogen and oxygen atoms in total. The van der Waals surface area contributed by atoms with E-state index in [-0.39, 0.29) is 30.3 Å². The van der Waals surface area contributed by atoms with Gasteiger partial charge in [-0.05, 0) is 30.2 Å². The molecule has 140 valence electrons. The minimum Gasteiger partial charge on any atom is -0.497 e. The van der Waals surface area contributed by atoms with Gasteiger partial charge in [-0.15, -0.1) is 24.2 Å². The lowest BCUT2D eigenvalue weighted by Gasteiger charge is -2.48. The van der Waals surface area contributed by atoms with Crippen LogP contribution in [-0.4, -0.2) is 41.1 Å². The van der Waals surface area contributed by atoms with Gasteiger partial charge in [0.05, 0.1) is 7.11 Å². The average Bonchev–Trinajstić information content (AvgIpc) is 2.65. The number of amides is 1. The van der Waals surface area contributed by atoms with E-state index < -0.39 is 12.0 Å². The monoisotopic (exact) mass is 396 g/mol. The van der Waals surface area contributed by atoms with Gasteiger partial charge in [0.25, 0.3) is 0 Å². The number of allylic oxidation sites excluding steroid dienone is 2. The minimum absolute atomic E-state index is 0. The quantitative estimate of drug-likeness (QED) is 0.607. The molecule has 2 atom stereocenters. The topological polar surface area (TPSA) is 81.9 Å². The third-order valence-electron chi connectivity index (χ3n) is 4.13. The van der Waals surface area contributed by atoms with Crippen LogP contribution in [0.2, 0.25) is 0 Å². The van der Waals surface area contributed by atoms with Crippen LogP contribution >= 0.6 is 24.2 Å². The molecule has 2 N–H and O–H groups in total. The number of β-lactam (4-membered cyclic amide) rings is 1. The van der Waals surface area contributed by atoms with Gasteiger partial charge in [-0.1, -0.05) is 24.3 Å². The number of rotatable bonds is 5. The maximum Gasteiger partial charge on any atom is 0.355 e. The molecule has 0 spiro atoms. The lowest BCUT2D eigenvalue weighted by atomic mass is 10.0. The Labute approximate surface area is 162 Å². The highest BCUT2D eigenvalue weighted by Gasteiger charge is 2.51. The molecule has 3 rings (SSSR count). The first-order valence-electron chi connectivity index (χ1n) is 7.93. The maximum absolute atomic E-state index is 12.6. The third kappa shape index (κ3) is 3.75. The van der Waals surface area contributed by atoms with Crippen molar-refractivity contribution in [3.05, 3.63) is 53.3 Å². The van der Waals surface area contributed by atoms with E-state index in [2.05, 4.69) is 0 Å². The van der Waals surface area contributed by atoms with Crippen LogP contribution in [0.15, 0.2) is 47.7 Å². The zero-order chi connectivity index (χ0) is 18.0. The van der Waals surface area contributed by atoms with Gasteiger partial charge in [-0.25, -0.2) is 4.79 Å². The molecule has 1 saturated heterocycles. The summed E-state index contributed by atoms with van der Waals surface area (Å²) in [5.74, 6) is 0.616. The first-order chi connectivity index (χ1) is 12.1. The first kappa shape index (κ1) is 20.4. The molecule has 1 amide bonds. The fourth-order valence-corrected chi connectivity index (χ4v) is 4.06. The first-order valence-corrected chi connectivity index (χ1v) is 8.98. The highest BCUT2D eigenvalue weighted by molar-refractivity contribution is 8.00. The largest absolute Gasteiger partial charge is 0.497 e. The van der Waals surface area contributed by atoms with Crippen molar-refractivity contribution >= 4 is 36.0 Å². The van der Waals surface area contributed by atoms with E-state index in [4.69, 9.17) is 15.2 Å². The molecule has 1 aromatic rings. The van der Waals surface area contributed by atoms with Crippen molar-refractivity contribution in [2.45, 2.75) is 24.9 Å². The number of thioether (sulfide) groups is 1. The molecule has 2 aliphatic rings. The van der Waals surface area contributed by atoms with E-state index in [0.717, 1.165) is 16.9 Å². The SMILES string of the molecule is CC=CC1=C(C(=O)OCc2ccc(OC)cc2)N2C(=O)[C@@H](N)[C@H]2SC1.Cl. The molecular weight excluding hydrogens is 376 g/mol.